The average molecular weight is 457 g/mol. The van der Waals surface area contributed by atoms with Crippen molar-refractivity contribution in [2.24, 2.45) is 0 Å². The van der Waals surface area contributed by atoms with Crippen LogP contribution in [0.15, 0.2) is 47.4 Å². The number of ether oxygens (including phenoxy) is 2. The predicted octanol–water partition coefficient (Wildman–Crippen LogP) is 3.60. The second-order valence-electron chi connectivity index (χ2n) is 8.97. The summed E-state index contributed by atoms with van der Waals surface area (Å²) in [6.45, 7) is 2.41. The summed E-state index contributed by atoms with van der Waals surface area (Å²) in [5.41, 5.74) is 1.56. The lowest BCUT2D eigenvalue weighted by molar-refractivity contribution is -0.231. The van der Waals surface area contributed by atoms with Crippen LogP contribution < -0.4 is 10.1 Å². The van der Waals surface area contributed by atoms with Gasteiger partial charge in [-0.25, -0.2) is 8.42 Å². The summed E-state index contributed by atoms with van der Waals surface area (Å²) in [6, 6.07) is 12.4. The van der Waals surface area contributed by atoms with Crippen LogP contribution in [0.3, 0.4) is 0 Å². The average Bonchev–Trinajstić information content (AvgIpc) is 2.74. The number of nitrogens with zero attached hydrogens (tertiary/aromatic N) is 1. The number of hydrogen-bond acceptors (Lipinski definition) is 6. The third-order valence-corrected chi connectivity index (χ3v) is 7.94. The molecule has 32 heavy (non-hydrogen) atoms. The molecular formula is C24H28N2O5S. The van der Waals surface area contributed by atoms with E-state index in [0.29, 0.717) is 12.3 Å². The largest absolute Gasteiger partial charge is 0.462 e. The van der Waals surface area contributed by atoms with Gasteiger partial charge in [0.05, 0.1) is 17.1 Å². The molecule has 0 unspecified atom stereocenters. The summed E-state index contributed by atoms with van der Waals surface area (Å²) in [4.78, 5) is 15.3. The number of sulfone groups is 1. The number of piperidine rings is 1. The minimum absolute atomic E-state index is 0.0114. The molecule has 1 saturated heterocycles. The Hall–Kier alpha value is -2.42. The fourth-order valence-corrected chi connectivity index (χ4v) is 5.60. The van der Waals surface area contributed by atoms with Crippen molar-refractivity contribution in [3.05, 3.63) is 53.6 Å². The van der Waals surface area contributed by atoms with Crippen molar-refractivity contribution in [3.8, 4) is 5.75 Å². The monoisotopic (exact) mass is 456 g/mol. The standard InChI is InChI=1S/C24H28N2O5S/c1-32(28,29)22-8-3-2-7-20(22)23(27)25-18-9-10-21-17(15-18)16-30-24(31-21)11-13-26(14-12-24)19-5-4-6-19/h2-3,7-10,15,19H,4-6,11-14,16H2,1H3,(H,25,27). The number of anilines is 1. The molecule has 1 N–H and O–H groups in total. The molecular weight excluding hydrogens is 428 g/mol. The fourth-order valence-electron chi connectivity index (χ4n) is 4.71. The smallest absolute Gasteiger partial charge is 0.256 e. The molecule has 3 aliphatic rings. The lowest BCUT2D eigenvalue weighted by Gasteiger charge is -2.47. The maximum Gasteiger partial charge on any atom is 0.256 e. The Bertz CT molecular complexity index is 1130. The van der Waals surface area contributed by atoms with Crippen LogP contribution in [0.25, 0.3) is 0 Å². The van der Waals surface area contributed by atoms with E-state index in [0.717, 1.165) is 49.5 Å². The van der Waals surface area contributed by atoms with Crippen LogP contribution in [-0.2, 0) is 21.2 Å². The van der Waals surface area contributed by atoms with Gasteiger partial charge in [0.1, 0.15) is 5.75 Å². The van der Waals surface area contributed by atoms with E-state index in [1.54, 1.807) is 18.2 Å². The van der Waals surface area contributed by atoms with E-state index in [2.05, 4.69) is 10.2 Å². The molecule has 1 amide bonds. The highest BCUT2D eigenvalue weighted by Crippen LogP contribution is 2.40. The molecule has 7 nitrogen and oxygen atoms in total. The highest BCUT2D eigenvalue weighted by Gasteiger charge is 2.42. The second kappa shape index (κ2) is 8.17. The molecule has 1 spiro atoms. The molecule has 2 aliphatic heterocycles. The minimum Gasteiger partial charge on any atom is -0.462 e. The second-order valence-corrected chi connectivity index (χ2v) is 11.0. The molecule has 0 radical (unpaired) electrons. The third kappa shape index (κ3) is 4.14. The minimum atomic E-state index is -3.51. The van der Waals surface area contributed by atoms with Gasteiger partial charge in [-0.15, -0.1) is 0 Å². The van der Waals surface area contributed by atoms with Crippen molar-refractivity contribution in [3.63, 3.8) is 0 Å². The number of carbonyl (C=O) groups excluding carboxylic acids is 1. The zero-order valence-electron chi connectivity index (χ0n) is 18.2. The summed E-state index contributed by atoms with van der Waals surface area (Å²) in [7, 11) is -3.51. The van der Waals surface area contributed by atoms with Gasteiger partial charge in [-0.2, -0.15) is 0 Å². The molecule has 170 valence electrons. The van der Waals surface area contributed by atoms with Crippen molar-refractivity contribution < 1.29 is 22.7 Å². The number of carbonyl (C=O) groups is 1. The molecule has 0 atom stereocenters. The zero-order valence-corrected chi connectivity index (χ0v) is 19.0. The molecule has 1 aliphatic carbocycles. The number of hydrogen-bond donors (Lipinski definition) is 1. The van der Waals surface area contributed by atoms with Crippen LogP contribution in [-0.4, -0.2) is 50.4 Å². The van der Waals surface area contributed by atoms with E-state index in [9.17, 15) is 13.2 Å². The van der Waals surface area contributed by atoms with E-state index >= 15 is 0 Å². The number of fused-ring (bicyclic) bond motifs is 1. The molecule has 2 fully saturated rings. The van der Waals surface area contributed by atoms with Crippen molar-refractivity contribution >= 4 is 21.4 Å². The predicted molar refractivity (Wildman–Crippen MR) is 121 cm³/mol. The summed E-state index contributed by atoms with van der Waals surface area (Å²) in [5, 5.41) is 2.80. The Morgan fingerprint density at radius 3 is 2.56 bits per heavy atom. The van der Waals surface area contributed by atoms with Crippen LogP contribution in [0.1, 0.15) is 48.0 Å². The molecule has 2 aromatic rings. The van der Waals surface area contributed by atoms with E-state index in [4.69, 9.17) is 9.47 Å². The molecule has 2 heterocycles. The van der Waals surface area contributed by atoms with Gasteiger partial charge in [-0.1, -0.05) is 18.6 Å². The first-order chi connectivity index (χ1) is 15.3. The Labute approximate surface area is 188 Å². The first kappa shape index (κ1) is 21.4. The lowest BCUT2D eigenvalue weighted by atomic mass is 9.89. The quantitative estimate of drug-likeness (QED) is 0.757. The van der Waals surface area contributed by atoms with E-state index in [1.807, 2.05) is 12.1 Å². The van der Waals surface area contributed by atoms with Gasteiger partial charge in [0.2, 0.25) is 5.79 Å². The maximum atomic E-state index is 12.8. The number of likely N-dealkylation sites (tertiary alicyclic amines) is 1. The van der Waals surface area contributed by atoms with Gasteiger partial charge in [0.25, 0.3) is 5.91 Å². The highest BCUT2D eigenvalue weighted by atomic mass is 32.2. The van der Waals surface area contributed by atoms with Gasteiger partial charge in [-0.3, -0.25) is 9.69 Å². The Morgan fingerprint density at radius 2 is 1.88 bits per heavy atom. The van der Waals surface area contributed by atoms with Gasteiger partial charge >= 0.3 is 0 Å². The van der Waals surface area contributed by atoms with Crippen molar-refractivity contribution in [2.75, 3.05) is 24.7 Å². The van der Waals surface area contributed by atoms with Crippen molar-refractivity contribution in [2.45, 2.75) is 55.4 Å². The Balaban J connectivity index is 1.27. The number of benzene rings is 2. The summed E-state index contributed by atoms with van der Waals surface area (Å²) < 4.78 is 36.5. The van der Waals surface area contributed by atoms with E-state index in [-0.39, 0.29) is 10.5 Å². The topological polar surface area (TPSA) is 84.9 Å². The molecule has 0 bridgehead atoms. The highest BCUT2D eigenvalue weighted by molar-refractivity contribution is 7.90. The Morgan fingerprint density at radius 1 is 1.12 bits per heavy atom. The van der Waals surface area contributed by atoms with Crippen LogP contribution >= 0.6 is 0 Å². The molecule has 2 aromatic carbocycles. The van der Waals surface area contributed by atoms with Gasteiger partial charge in [-0.05, 0) is 43.2 Å². The lowest BCUT2D eigenvalue weighted by Crippen LogP contribution is -2.54. The SMILES string of the molecule is CS(=O)(=O)c1ccccc1C(=O)Nc1ccc2c(c1)COC1(CCN(C3CCC3)CC1)O2. The van der Waals surface area contributed by atoms with Gasteiger partial charge in [0.15, 0.2) is 9.84 Å². The molecule has 8 heteroatoms. The zero-order chi connectivity index (χ0) is 22.3. The molecule has 5 rings (SSSR count). The Kier molecular flexibility index (Phi) is 5.47. The third-order valence-electron chi connectivity index (χ3n) is 6.79. The van der Waals surface area contributed by atoms with Crippen LogP contribution in [0, 0.1) is 0 Å². The molecule has 0 aromatic heterocycles. The van der Waals surface area contributed by atoms with Crippen molar-refractivity contribution in [1.82, 2.24) is 4.90 Å². The van der Waals surface area contributed by atoms with Gasteiger partial charge in [0, 0.05) is 49.5 Å². The first-order valence-electron chi connectivity index (χ1n) is 11.1. The summed E-state index contributed by atoms with van der Waals surface area (Å²) in [5.74, 6) is -0.252. The maximum absolute atomic E-state index is 12.8. The number of rotatable bonds is 4. The summed E-state index contributed by atoms with van der Waals surface area (Å²) in [6.07, 6.45) is 6.75. The number of nitrogens with one attached hydrogen (secondary N) is 1. The normalized spacial score (nSPS) is 20.8. The fraction of sp³-hybridized carbons (Fsp3) is 0.458. The number of amides is 1. The molecule has 1 saturated carbocycles. The van der Waals surface area contributed by atoms with Gasteiger partial charge < -0.3 is 14.8 Å². The van der Waals surface area contributed by atoms with Crippen molar-refractivity contribution in [1.29, 1.82) is 0 Å². The van der Waals surface area contributed by atoms with Crippen LogP contribution in [0.4, 0.5) is 5.69 Å². The summed E-state index contributed by atoms with van der Waals surface area (Å²) >= 11 is 0. The van der Waals surface area contributed by atoms with E-state index < -0.39 is 21.5 Å². The van der Waals surface area contributed by atoms with Crippen LogP contribution in [0.5, 0.6) is 5.75 Å². The van der Waals surface area contributed by atoms with Crippen LogP contribution in [0.2, 0.25) is 0 Å². The van der Waals surface area contributed by atoms with E-state index in [1.165, 1.54) is 31.4 Å². The first-order valence-corrected chi connectivity index (χ1v) is 13.0.